The van der Waals surface area contributed by atoms with Gasteiger partial charge in [0.2, 0.25) is 0 Å². The van der Waals surface area contributed by atoms with Gasteiger partial charge in [-0.3, -0.25) is 14.9 Å². The molecule has 0 saturated carbocycles. The van der Waals surface area contributed by atoms with Crippen molar-refractivity contribution in [2.45, 2.75) is 0 Å². The summed E-state index contributed by atoms with van der Waals surface area (Å²) in [6.07, 6.45) is 1.30. The number of nitrogens with one attached hydrogen (secondary N) is 1. The number of carbonyl (C=O) groups is 1. The van der Waals surface area contributed by atoms with Gasteiger partial charge in [0.15, 0.2) is 0 Å². The SMILES string of the molecule is O=C(NN=Cc1ccc(-c2cccc([N+](=O)[O-])c2)o1)c1cc2ccccc2cc1O. The van der Waals surface area contributed by atoms with E-state index in [2.05, 4.69) is 10.5 Å². The summed E-state index contributed by atoms with van der Waals surface area (Å²) in [6, 6.07) is 19.8. The fourth-order valence-corrected chi connectivity index (χ4v) is 2.97. The first kappa shape index (κ1) is 18.9. The number of furan rings is 1. The Morgan fingerprint density at radius 1 is 1.03 bits per heavy atom. The highest BCUT2D eigenvalue weighted by molar-refractivity contribution is 6.01. The van der Waals surface area contributed by atoms with Gasteiger partial charge in [-0.15, -0.1) is 0 Å². The minimum absolute atomic E-state index is 0.0402. The Bertz CT molecular complexity index is 1290. The van der Waals surface area contributed by atoms with Crippen LogP contribution in [0.25, 0.3) is 22.1 Å². The topological polar surface area (TPSA) is 118 Å². The predicted octanol–water partition coefficient (Wildman–Crippen LogP) is 4.48. The number of fused-ring (bicyclic) bond motifs is 1. The number of hydrazone groups is 1. The zero-order chi connectivity index (χ0) is 21.1. The van der Waals surface area contributed by atoms with Crippen LogP contribution in [0.3, 0.4) is 0 Å². The molecule has 3 aromatic carbocycles. The molecule has 0 aliphatic heterocycles. The summed E-state index contributed by atoms with van der Waals surface area (Å²) in [6.45, 7) is 0. The Hall–Kier alpha value is -4.46. The number of aromatic hydroxyl groups is 1. The zero-order valence-corrected chi connectivity index (χ0v) is 15.5. The van der Waals surface area contributed by atoms with Crippen molar-refractivity contribution in [1.29, 1.82) is 0 Å². The van der Waals surface area contributed by atoms with Gasteiger partial charge in [0.05, 0.1) is 16.7 Å². The fraction of sp³-hybridized carbons (Fsp3) is 0. The minimum atomic E-state index is -0.569. The van der Waals surface area contributed by atoms with Crippen molar-refractivity contribution < 1.29 is 19.2 Å². The van der Waals surface area contributed by atoms with E-state index < -0.39 is 10.8 Å². The summed E-state index contributed by atoms with van der Waals surface area (Å²) in [5.74, 6) is 0.0607. The maximum Gasteiger partial charge on any atom is 0.275 e. The number of hydrogen-bond donors (Lipinski definition) is 2. The van der Waals surface area contributed by atoms with E-state index >= 15 is 0 Å². The summed E-state index contributed by atoms with van der Waals surface area (Å²) >= 11 is 0. The number of amides is 1. The molecule has 4 aromatic rings. The molecule has 0 unspecified atom stereocenters. The van der Waals surface area contributed by atoms with Crippen molar-refractivity contribution in [1.82, 2.24) is 5.43 Å². The molecule has 4 rings (SSSR count). The first-order valence-corrected chi connectivity index (χ1v) is 8.91. The molecule has 0 radical (unpaired) electrons. The molecule has 1 aromatic heterocycles. The van der Waals surface area contributed by atoms with Crippen molar-refractivity contribution in [3.63, 3.8) is 0 Å². The molecule has 0 aliphatic rings. The molecular weight excluding hydrogens is 386 g/mol. The van der Waals surface area contributed by atoms with Crippen LogP contribution in [0, 0.1) is 10.1 Å². The standard InChI is InChI=1S/C22H15N3O5/c26-20-12-15-5-2-1-4-14(15)11-19(20)22(27)24-23-13-18-8-9-21(30-18)16-6-3-7-17(10-16)25(28)29/h1-13,26H,(H,24,27). The van der Waals surface area contributed by atoms with Crippen LogP contribution in [0.5, 0.6) is 5.75 Å². The van der Waals surface area contributed by atoms with Crippen LogP contribution in [0.15, 0.2) is 82.3 Å². The third kappa shape index (κ3) is 3.88. The van der Waals surface area contributed by atoms with Crippen LogP contribution >= 0.6 is 0 Å². The Kier molecular flexibility index (Phi) is 4.96. The van der Waals surface area contributed by atoms with Crippen LogP contribution in [-0.2, 0) is 0 Å². The maximum atomic E-state index is 12.3. The highest BCUT2D eigenvalue weighted by Crippen LogP contribution is 2.26. The van der Waals surface area contributed by atoms with E-state index in [1.165, 1.54) is 24.4 Å². The first-order valence-electron chi connectivity index (χ1n) is 8.91. The van der Waals surface area contributed by atoms with Gasteiger partial charge in [-0.05, 0) is 35.0 Å². The lowest BCUT2D eigenvalue weighted by molar-refractivity contribution is -0.384. The summed E-state index contributed by atoms with van der Waals surface area (Å²) in [4.78, 5) is 22.8. The van der Waals surface area contributed by atoms with E-state index in [0.29, 0.717) is 17.1 Å². The lowest BCUT2D eigenvalue weighted by atomic mass is 10.1. The van der Waals surface area contributed by atoms with Gasteiger partial charge in [0.1, 0.15) is 17.3 Å². The normalized spacial score (nSPS) is 11.1. The molecule has 0 saturated heterocycles. The number of nitro benzene ring substituents is 1. The van der Waals surface area contributed by atoms with Crippen LogP contribution < -0.4 is 5.43 Å². The molecule has 148 valence electrons. The predicted molar refractivity (Wildman–Crippen MR) is 111 cm³/mol. The lowest BCUT2D eigenvalue weighted by Gasteiger charge is -2.05. The van der Waals surface area contributed by atoms with Gasteiger partial charge >= 0.3 is 0 Å². The quantitative estimate of drug-likeness (QED) is 0.290. The van der Waals surface area contributed by atoms with E-state index in [-0.39, 0.29) is 17.0 Å². The van der Waals surface area contributed by atoms with E-state index in [0.717, 1.165) is 10.8 Å². The Morgan fingerprint density at radius 2 is 1.80 bits per heavy atom. The van der Waals surface area contributed by atoms with Crippen molar-refractivity contribution in [3.05, 3.63) is 94.2 Å². The second kappa shape index (κ2) is 7.88. The molecule has 2 N–H and O–H groups in total. The number of benzene rings is 3. The van der Waals surface area contributed by atoms with Crippen molar-refractivity contribution in [2.24, 2.45) is 5.10 Å². The number of hydrogen-bond acceptors (Lipinski definition) is 6. The largest absolute Gasteiger partial charge is 0.507 e. The zero-order valence-electron chi connectivity index (χ0n) is 15.5. The van der Waals surface area contributed by atoms with Crippen molar-refractivity contribution in [3.8, 4) is 17.1 Å². The van der Waals surface area contributed by atoms with Gasteiger partial charge < -0.3 is 9.52 Å². The molecule has 0 atom stereocenters. The van der Waals surface area contributed by atoms with E-state index in [1.54, 1.807) is 30.3 Å². The summed E-state index contributed by atoms with van der Waals surface area (Å²) in [5.41, 5.74) is 2.96. The van der Waals surface area contributed by atoms with E-state index in [1.807, 2.05) is 24.3 Å². The van der Waals surface area contributed by atoms with Crippen molar-refractivity contribution >= 4 is 28.6 Å². The summed E-state index contributed by atoms with van der Waals surface area (Å²) < 4.78 is 5.60. The first-order chi connectivity index (χ1) is 14.5. The van der Waals surface area contributed by atoms with Gasteiger partial charge in [-0.1, -0.05) is 36.4 Å². The second-order valence-electron chi connectivity index (χ2n) is 6.43. The number of carbonyl (C=O) groups excluding carboxylic acids is 1. The molecule has 1 amide bonds. The Morgan fingerprint density at radius 3 is 2.57 bits per heavy atom. The van der Waals surface area contributed by atoms with Crippen LogP contribution in [-0.4, -0.2) is 22.2 Å². The monoisotopic (exact) mass is 401 g/mol. The number of rotatable bonds is 5. The average molecular weight is 401 g/mol. The molecule has 1 heterocycles. The molecule has 8 nitrogen and oxygen atoms in total. The number of nitro groups is 1. The van der Waals surface area contributed by atoms with Crippen LogP contribution in [0.2, 0.25) is 0 Å². The van der Waals surface area contributed by atoms with Crippen LogP contribution in [0.1, 0.15) is 16.1 Å². The number of phenolic OH excluding ortho intramolecular Hbond substituents is 1. The Balaban J connectivity index is 1.48. The highest BCUT2D eigenvalue weighted by Gasteiger charge is 2.12. The molecule has 8 heteroatoms. The second-order valence-corrected chi connectivity index (χ2v) is 6.43. The molecule has 0 aliphatic carbocycles. The molecule has 30 heavy (non-hydrogen) atoms. The minimum Gasteiger partial charge on any atom is -0.507 e. The summed E-state index contributed by atoms with van der Waals surface area (Å²) in [7, 11) is 0. The van der Waals surface area contributed by atoms with Gasteiger partial charge in [-0.25, -0.2) is 5.43 Å². The Labute approximate surface area is 170 Å². The lowest BCUT2D eigenvalue weighted by Crippen LogP contribution is -2.17. The molecule has 0 fully saturated rings. The van der Waals surface area contributed by atoms with Crippen LogP contribution in [0.4, 0.5) is 5.69 Å². The number of phenols is 1. The van der Waals surface area contributed by atoms with Gasteiger partial charge in [0.25, 0.3) is 11.6 Å². The van der Waals surface area contributed by atoms with E-state index in [4.69, 9.17) is 4.42 Å². The molecular formula is C22H15N3O5. The summed E-state index contributed by atoms with van der Waals surface area (Å²) in [5, 5.41) is 26.5. The fourth-order valence-electron chi connectivity index (χ4n) is 2.97. The van der Waals surface area contributed by atoms with Crippen molar-refractivity contribution in [2.75, 3.05) is 0 Å². The number of non-ortho nitro benzene ring substituents is 1. The van der Waals surface area contributed by atoms with Gasteiger partial charge in [0, 0.05) is 17.7 Å². The number of nitrogens with zero attached hydrogens (tertiary/aromatic N) is 2. The average Bonchev–Trinajstić information content (AvgIpc) is 3.22. The molecule has 0 spiro atoms. The van der Waals surface area contributed by atoms with E-state index in [9.17, 15) is 20.0 Å². The highest BCUT2D eigenvalue weighted by atomic mass is 16.6. The van der Waals surface area contributed by atoms with Gasteiger partial charge in [-0.2, -0.15) is 5.10 Å². The third-order valence-corrected chi connectivity index (χ3v) is 4.43. The maximum absolute atomic E-state index is 12.3. The third-order valence-electron chi connectivity index (χ3n) is 4.43. The molecule has 0 bridgehead atoms. The smallest absolute Gasteiger partial charge is 0.275 e.